The van der Waals surface area contributed by atoms with Gasteiger partial charge in [0.2, 0.25) is 0 Å². The number of fused-ring (bicyclic) bond motifs is 1. The van der Waals surface area contributed by atoms with Crippen LogP contribution in [0.5, 0.6) is 0 Å². The number of pyridine rings is 1. The van der Waals surface area contributed by atoms with E-state index in [0.29, 0.717) is 0 Å². The van der Waals surface area contributed by atoms with E-state index < -0.39 is 0 Å². The first-order valence-corrected chi connectivity index (χ1v) is 4.45. The van der Waals surface area contributed by atoms with Crippen LogP contribution in [0, 0.1) is 6.92 Å². The first kappa shape index (κ1) is 8.10. The molecule has 0 aliphatic rings. The van der Waals surface area contributed by atoms with E-state index in [4.69, 9.17) is 5.73 Å². The summed E-state index contributed by atoms with van der Waals surface area (Å²) in [5, 5.41) is 0. The first-order chi connectivity index (χ1) is 6.22. The second-order valence-corrected chi connectivity index (χ2v) is 3.19. The molecule has 2 aromatic rings. The number of imidazole rings is 1. The summed E-state index contributed by atoms with van der Waals surface area (Å²) in [6.45, 7) is 4.15. The number of hydrogen-bond acceptors (Lipinski definition) is 2. The molecule has 0 saturated carbocycles. The lowest BCUT2D eigenvalue weighted by Crippen LogP contribution is -1.94. The Morgan fingerprint density at radius 3 is 2.92 bits per heavy atom. The van der Waals surface area contributed by atoms with Crippen LogP contribution in [-0.2, 0) is 6.42 Å². The lowest BCUT2D eigenvalue weighted by atomic mass is 10.3. The predicted molar refractivity (Wildman–Crippen MR) is 53.7 cm³/mol. The summed E-state index contributed by atoms with van der Waals surface area (Å²) in [4.78, 5) is 4.43. The van der Waals surface area contributed by atoms with Gasteiger partial charge in [-0.2, -0.15) is 0 Å². The minimum absolute atomic E-state index is 0.777. The van der Waals surface area contributed by atoms with Crippen molar-refractivity contribution in [2.45, 2.75) is 20.3 Å². The van der Waals surface area contributed by atoms with Crippen LogP contribution in [-0.4, -0.2) is 9.38 Å². The van der Waals surface area contributed by atoms with Gasteiger partial charge >= 0.3 is 0 Å². The predicted octanol–water partition coefficient (Wildman–Crippen LogP) is 1.79. The van der Waals surface area contributed by atoms with Crippen LogP contribution in [0.3, 0.4) is 0 Å². The van der Waals surface area contributed by atoms with Gasteiger partial charge in [-0.1, -0.05) is 6.92 Å². The average Bonchev–Trinajstić information content (AvgIpc) is 2.40. The summed E-state index contributed by atoms with van der Waals surface area (Å²) < 4.78 is 2.06. The van der Waals surface area contributed by atoms with Crippen molar-refractivity contribution < 1.29 is 0 Å². The summed E-state index contributed by atoms with van der Waals surface area (Å²) in [6, 6.07) is 3.82. The summed E-state index contributed by atoms with van der Waals surface area (Å²) in [5.41, 5.74) is 9.79. The van der Waals surface area contributed by atoms with Crippen molar-refractivity contribution in [3.05, 3.63) is 29.7 Å². The van der Waals surface area contributed by atoms with Gasteiger partial charge < -0.3 is 10.1 Å². The van der Waals surface area contributed by atoms with Gasteiger partial charge in [0.05, 0.1) is 5.69 Å². The van der Waals surface area contributed by atoms with Crippen molar-refractivity contribution in [1.82, 2.24) is 9.38 Å². The first-order valence-electron chi connectivity index (χ1n) is 4.45. The van der Waals surface area contributed by atoms with Crippen LogP contribution < -0.4 is 5.73 Å². The number of aromatic nitrogens is 2. The van der Waals surface area contributed by atoms with Crippen LogP contribution in [0.25, 0.3) is 5.65 Å². The number of anilines is 1. The topological polar surface area (TPSA) is 43.3 Å². The molecule has 3 heteroatoms. The molecule has 0 spiro atoms. The molecule has 0 unspecified atom stereocenters. The fourth-order valence-corrected chi connectivity index (χ4v) is 1.65. The number of hydrogen-bond donors (Lipinski definition) is 1. The van der Waals surface area contributed by atoms with Gasteiger partial charge in [-0.3, -0.25) is 0 Å². The summed E-state index contributed by atoms with van der Waals surface area (Å²) >= 11 is 0. The minimum atomic E-state index is 0.777. The molecule has 2 rings (SSSR count). The van der Waals surface area contributed by atoms with Gasteiger partial charge in [0.15, 0.2) is 0 Å². The van der Waals surface area contributed by atoms with Crippen molar-refractivity contribution in [2.75, 3.05) is 5.73 Å². The van der Waals surface area contributed by atoms with E-state index in [1.807, 2.05) is 25.3 Å². The third-order valence-electron chi connectivity index (χ3n) is 2.28. The summed E-state index contributed by atoms with van der Waals surface area (Å²) in [7, 11) is 0. The zero-order chi connectivity index (χ0) is 9.42. The molecule has 0 fully saturated rings. The van der Waals surface area contributed by atoms with Gasteiger partial charge in [-0.25, -0.2) is 4.98 Å². The van der Waals surface area contributed by atoms with Gasteiger partial charge in [0.1, 0.15) is 5.65 Å². The monoisotopic (exact) mass is 175 g/mol. The van der Waals surface area contributed by atoms with E-state index in [-0.39, 0.29) is 0 Å². The zero-order valence-electron chi connectivity index (χ0n) is 7.91. The van der Waals surface area contributed by atoms with Gasteiger partial charge in [-0.05, 0) is 25.5 Å². The van der Waals surface area contributed by atoms with Crippen molar-refractivity contribution in [3.8, 4) is 0 Å². The van der Waals surface area contributed by atoms with Gasteiger partial charge in [0, 0.05) is 17.6 Å². The molecular weight excluding hydrogens is 162 g/mol. The molecule has 2 heterocycles. The van der Waals surface area contributed by atoms with Crippen LogP contribution in [0.2, 0.25) is 0 Å². The molecule has 0 amide bonds. The highest BCUT2D eigenvalue weighted by Gasteiger charge is 2.05. The van der Waals surface area contributed by atoms with Crippen LogP contribution >= 0.6 is 0 Å². The van der Waals surface area contributed by atoms with Gasteiger partial charge in [0.25, 0.3) is 0 Å². The largest absolute Gasteiger partial charge is 0.398 e. The van der Waals surface area contributed by atoms with Gasteiger partial charge in [-0.15, -0.1) is 0 Å². The van der Waals surface area contributed by atoms with E-state index in [0.717, 1.165) is 23.4 Å². The van der Waals surface area contributed by atoms with Crippen LogP contribution in [0.1, 0.15) is 18.3 Å². The molecule has 0 aliphatic carbocycles. The Bertz CT molecular complexity index is 443. The van der Waals surface area contributed by atoms with E-state index >= 15 is 0 Å². The van der Waals surface area contributed by atoms with Crippen molar-refractivity contribution >= 4 is 11.3 Å². The molecule has 2 aromatic heterocycles. The molecule has 0 saturated heterocycles. The second kappa shape index (κ2) is 2.76. The Morgan fingerprint density at radius 1 is 1.46 bits per heavy atom. The smallest absolute Gasteiger partial charge is 0.137 e. The standard InChI is InChI=1S/C10H13N3/c1-3-9-7(2)12-10-5-4-8(11)6-13(9)10/h4-6H,3,11H2,1-2H3. The maximum absolute atomic E-state index is 5.71. The lowest BCUT2D eigenvalue weighted by molar-refractivity contribution is 0.979. The highest BCUT2D eigenvalue weighted by Crippen LogP contribution is 2.14. The number of aryl methyl sites for hydroxylation is 2. The molecule has 3 nitrogen and oxygen atoms in total. The Labute approximate surface area is 77.2 Å². The molecular formula is C10H13N3. The number of nitrogen functional groups attached to an aromatic ring is 1. The molecule has 0 bridgehead atoms. The molecule has 0 atom stereocenters. The fourth-order valence-electron chi connectivity index (χ4n) is 1.65. The Balaban J connectivity index is 2.80. The highest BCUT2D eigenvalue weighted by molar-refractivity contribution is 5.50. The molecule has 0 aromatic carbocycles. The fraction of sp³-hybridized carbons (Fsp3) is 0.300. The van der Waals surface area contributed by atoms with Crippen molar-refractivity contribution in [2.24, 2.45) is 0 Å². The third kappa shape index (κ3) is 1.16. The molecule has 13 heavy (non-hydrogen) atoms. The van der Waals surface area contributed by atoms with E-state index in [2.05, 4.69) is 16.3 Å². The number of rotatable bonds is 1. The van der Waals surface area contributed by atoms with E-state index in [9.17, 15) is 0 Å². The Hall–Kier alpha value is -1.51. The second-order valence-electron chi connectivity index (χ2n) is 3.19. The van der Waals surface area contributed by atoms with E-state index in [1.165, 1.54) is 5.69 Å². The maximum Gasteiger partial charge on any atom is 0.137 e. The summed E-state index contributed by atoms with van der Waals surface area (Å²) in [6.07, 6.45) is 2.91. The van der Waals surface area contributed by atoms with Crippen molar-refractivity contribution in [3.63, 3.8) is 0 Å². The van der Waals surface area contributed by atoms with Crippen LogP contribution in [0.15, 0.2) is 18.3 Å². The zero-order valence-corrected chi connectivity index (χ0v) is 7.91. The average molecular weight is 175 g/mol. The Morgan fingerprint density at radius 2 is 2.23 bits per heavy atom. The van der Waals surface area contributed by atoms with Crippen LogP contribution in [0.4, 0.5) is 5.69 Å². The molecule has 0 radical (unpaired) electrons. The lowest BCUT2D eigenvalue weighted by Gasteiger charge is -1.99. The molecule has 0 aliphatic heterocycles. The quantitative estimate of drug-likeness (QED) is 0.718. The summed E-state index contributed by atoms with van der Waals surface area (Å²) in [5.74, 6) is 0. The Kier molecular flexibility index (Phi) is 1.72. The van der Waals surface area contributed by atoms with E-state index in [1.54, 1.807) is 0 Å². The highest BCUT2D eigenvalue weighted by atomic mass is 15.0. The SMILES string of the molecule is CCc1c(C)nc2ccc(N)cn12. The molecule has 2 N–H and O–H groups in total. The maximum atomic E-state index is 5.71. The molecule has 68 valence electrons. The number of nitrogens with zero attached hydrogens (tertiary/aromatic N) is 2. The third-order valence-corrected chi connectivity index (χ3v) is 2.28. The normalized spacial score (nSPS) is 10.9. The van der Waals surface area contributed by atoms with Crippen molar-refractivity contribution in [1.29, 1.82) is 0 Å². The number of nitrogens with two attached hydrogens (primary N) is 1. The minimum Gasteiger partial charge on any atom is -0.398 e.